The van der Waals surface area contributed by atoms with Crippen LogP contribution in [0.25, 0.3) is 0 Å². The summed E-state index contributed by atoms with van der Waals surface area (Å²) in [5, 5.41) is 14.0. The van der Waals surface area contributed by atoms with Crippen LogP contribution in [0.5, 0.6) is 0 Å². The van der Waals surface area contributed by atoms with Gasteiger partial charge in [-0.3, -0.25) is 10.1 Å². The van der Waals surface area contributed by atoms with E-state index < -0.39 is 20.6 Å². The number of rotatable bonds is 7. The molecule has 0 saturated heterocycles. The molecule has 7 nitrogen and oxygen atoms in total. The average molecular weight is 301 g/mol. The van der Waals surface area contributed by atoms with Crippen molar-refractivity contribution in [2.45, 2.75) is 25.7 Å². The smallest absolute Gasteiger partial charge is 0.289 e. The maximum absolute atomic E-state index is 12.1. The molecule has 0 amide bonds. The molecule has 0 aliphatic heterocycles. The van der Waals surface area contributed by atoms with Gasteiger partial charge in [0, 0.05) is 19.2 Å². The normalized spacial score (nSPS) is 11.6. The zero-order valence-corrected chi connectivity index (χ0v) is 12.6. The number of nitrogens with zero attached hydrogens (tertiary/aromatic N) is 1. The number of nitrogens with one attached hydrogen (secondary N) is 2. The average Bonchev–Trinajstić information content (AvgIpc) is 2.37. The fourth-order valence-electron chi connectivity index (χ4n) is 1.66. The third-order valence-electron chi connectivity index (χ3n) is 2.91. The minimum Gasteiger partial charge on any atom is -0.316 e. The lowest BCUT2D eigenvalue weighted by molar-refractivity contribution is -0.387. The summed E-state index contributed by atoms with van der Waals surface area (Å²) in [6, 6.07) is 2.62. The van der Waals surface area contributed by atoms with Crippen molar-refractivity contribution in [3.8, 4) is 0 Å². The highest BCUT2D eigenvalue weighted by Gasteiger charge is 2.26. The number of likely N-dealkylation sites (N-methyl/N-ethyl adjacent to an activating group) is 1. The van der Waals surface area contributed by atoms with Crippen LogP contribution in [0.1, 0.15) is 18.1 Å². The molecule has 2 N–H and O–H groups in total. The number of hydrogen-bond donors (Lipinski definition) is 2. The number of benzene rings is 1. The molecule has 1 aromatic carbocycles. The first kappa shape index (κ1) is 16.5. The molecule has 0 fully saturated rings. The van der Waals surface area contributed by atoms with E-state index in [0.717, 1.165) is 6.54 Å². The van der Waals surface area contributed by atoms with Gasteiger partial charge in [-0.25, -0.2) is 13.1 Å². The molecule has 8 heteroatoms. The molecule has 0 atom stereocenters. The van der Waals surface area contributed by atoms with Gasteiger partial charge in [0.15, 0.2) is 4.90 Å². The first-order valence-electron chi connectivity index (χ1n) is 6.25. The second-order valence-electron chi connectivity index (χ2n) is 4.41. The van der Waals surface area contributed by atoms with Crippen LogP contribution >= 0.6 is 0 Å². The Morgan fingerprint density at radius 3 is 2.35 bits per heavy atom. The number of sulfonamides is 1. The summed E-state index contributed by atoms with van der Waals surface area (Å²) in [5.41, 5.74) is 0.981. The van der Waals surface area contributed by atoms with Gasteiger partial charge in [0.25, 0.3) is 5.69 Å². The fraction of sp³-hybridized carbons (Fsp3) is 0.500. The third-order valence-corrected chi connectivity index (χ3v) is 4.40. The Morgan fingerprint density at radius 1 is 1.20 bits per heavy atom. The second-order valence-corrected chi connectivity index (χ2v) is 6.15. The first-order valence-corrected chi connectivity index (χ1v) is 7.74. The minimum absolute atomic E-state index is 0.181. The predicted molar refractivity (Wildman–Crippen MR) is 76.3 cm³/mol. The molecule has 0 saturated carbocycles. The molecule has 20 heavy (non-hydrogen) atoms. The van der Waals surface area contributed by atoms with Crippen LogP contribution in [0, 0.1) is 24.0 Å². The molecule has 0 aliphatic rings. The van der Waals surface area contributed by atoms with Crippen molar-refractivity contribution >= 4 is 15.7 Å². The summed E-state index contributed by atoms with van der Waals surface area (Å²) in [5.74, 6) is 0. The summed E-state index contributed by atoms with van der Waals surface area (Å²) >= 11 is 0. The van der Waals surface area contributed by atoms with E-state index in [0.29, 0.717) is 17.7 Å². The molecule has 1 rings (SSSR count). The van der Waals surface area contributed by atoms with Gasteiger partial charge in [-0.1, -0.05) is 6.92 Å². The number of hydrogen-bond acceptors (Lipinski definition) is 5. The Labute approximate surface area is 118 Å². The van der Waals surface area contributed by atoms with E-state index in [1.54, 1.807) is 13.8 Å². The molecule has 0 unspecified atom stereocenters. The summed E-state index contributed by atoms with van der Waals surface area (Å²) in [4.78, 5) is 10.0. The summed E-state index contributed by atoms with van der Waals surface area (Å²) < 4.78 is 26.6. The van der Waals surface area contributed by atoms with Gasteiger partial charge in [0.05, 0.1) is 4.92 Å². The van der Waals surface area contributed by atoms with E-state index in [4.69, 9.17) is 0 Å². The Kier molecular flexibility index (Phi) is 5.61. The standard InChI is InChI=1S/C12H19N3O4S/c1-4-13-5-6-14-20(18,19)12-8-10(3)9(2)7-11(12)15(16)17/h7-8,13-14H,4-6H2,1-3H3. The molecule has 0 radical (unpaired) electrons. The first-order chi connectivity index (χ1) is 9.29. The molecular weight excluding hydrogens is 282 g/mol. The van der Waals surface area contributed by atoms with Gasteiger partial charge in [-0.15, -0.1) is 0 Å². The van der Waals surface area contributed by atoms with Crippen molar-refractivity contribution in [3.05, 3.63) is 33.4 Å². The Bertz CT molecular complexity index is 599. The lowest BCUT2D eigenvalue weighted by Crippen LogP contribution is -2.32. The fourth-order valence-corrected chi connectivity index (χ4v) is 2.93. The molecular formula is C12H19N3O4S. The minimum atomic E-state index is -3.89. The highest BCUT2D eigenvalue weighted by atomic mass is 32.2. The van der Waals surface area contributed by atoms with Gasteiger partial charge in [-0.2, -0.15) is 0 Å². The zero-order valence-electron chi connectivity index (χ0n) is 11.8. The summed E-state index contributed by atoms with van der Waals surface area (Å²) in [6.07, 6.45) is 0. The molecule has 0 heterocycles. The van der Waals surface area contributed by atoms with Crippen molar-refractivity contribution in [2.24, 2.45) is 0 Å². The van der Waals surface area contributed by atoms with Gasteiger partial charge < -0.3 is 5.32 Å². The van der Waals surface area contributed by atoms with Crippen molar-refractivity contribution in [1.82, 2.24) is 10.0 Å². The quantitative estimate of drug-likeness (QED) is 0.446. The monoisotopic (exact) mass is 301 g/mol. The Hall–Kier alpha value is -1.51. The molecule has 112 valence electrons. The van der Waals surface area contributed by atoms with Gasteiger partial charge >= 0.3 is 0 Å². The van der Waals surface area contributed by atoms with E-state index in [1.165, 1.54) is 12.1 Å². The van der Waals surface area contributed by atoms with E-state index in [9.17, 15) is 18.5 Å². The van der Waals surface area contributed by atoms with Gasteiger partial charge in [0.2, 0.25) is 10.0 Å². The molecule has 0 aliphatic carbocycles. The highest BCUT2D eigenvalue weighted by molar-refractivity contribution is 7.89. The maximum atomic E-state index is 12.1. The maximum Gasteiger partial charge on any atom is 0.289 e. The molecule has 0 aromatic heterocycles. The number of aryl methyl sites for hydroxylation is 2. The third kappa shape index (κ3) is 3.99. The Balaban J connectivity index is 3.10. The van der Waals surface area contributed by atoms with E-state index in [2.05, 4.69) is 10.0 Å². The zero-order chi connectivity index (χ0) is 15.3. The second kappa shape index (κ2) is 6.78. The van der Waals surface area contributed by atoms with Crippen LogP contribution in [0.2, 0.25) is 0 Å². The largest absolute Gasteiger partial charge is 0.316 e. The lowest BCUT2D eigenvalue weighted by atomic mass is 10.1. The molecule has 0 spiro atoms. The van der Waals surface area contributed by atoms with Crippen LogP contribution < -0.4 is 10.0 Å². The van der Waals surface area contributed by atoms with Crippen molar-refractivity contribution in [2.75, 3.05) is 19.6 Å². The topological polar surface area (TPSA) is 101 Å². The van der Waals surface area contributed by atoms with Crippen LogP contribution in [-0.4, -0.2) is 33.0 Å². The van der Waals surface area contributed by atoms with E-state index in [-0.39, 0.29) is 11.4 Å². The number of nitro benzene ring substituents is 1. The van der Waals surface area contributed by atoms with E-state index >= 15 is 0 Å². The van der Waals surface area contributed by atoms with Crippen LogP contribution in [0.4, 0.5) is 5.69 Å². The van der Waals surface area contributed by atoms with Gasteiger partial charge in [-0.05, 0) is 37.6 Å². The van der Waals surface area contributed by atoms with Crippen LogP contribution in [0.3, 0.4) is 0 Å². The van der Waals surface area contributed by atoms with Crippen molar-refractivity contribution in [3.63, 3.8) is 0 Å². The Morgan fingerprint density at radius 2 is 1.80 bits per heavy atom. The van der Waals surface area contributed by atoms with Crippen molar-refractivity contribution in [1.29, 1.82) is 0 Å². The highest BCUT2D eigenvalue weighted by Crippen LogP contribution is 2.26. The molecule has 0 bridgehead atoms. The number of nitro groups is 1. The molecule has 1 aromatic rings. The van der Waals surface area contributed by atoms with Crippen molar-refractivity contribution < 1.29 is 13.3 Å². The lowest BCUT2D eigenvalue weighted by Gasteiger charge is -2.09. The SMILES string of the molecule is CCNCCNS(=O)(=O)c1cc(C)c(C)cc1[N+](=O)[O-]. The van der Waals surface area contributed by atoms with Crippen LogP contribution in [-0.2, 0) is 10.0 Å². The van der Waals surface area contributed by atoms with Gasteiger partial charge in [0.1, 0.15) is 0 Å². The van der Waals surface area contributed by atoms with E-state index in [1.807, 2.05) is 6.92 Å². The van der Waals surface area contributed by atoms with Crippen LogP contribution in [0.15, 0.2) is 17.0 Å². The summed E-state index contributed by atoms with van der Waals surface area (Å²) in [6.45, 7) is 6.71. The predicted octanol–water partition coefficient (Wildman–Crippen LogP) is 1.10. The summed E-state index contributed by atoms with van der Waals surface area (Å²) in [7, 11) is -3.89.